The third kappa shape index (κ3) is 3.82. The van der Waals surface area contributed by atoms with Crippen LogP contribution in [0.25, 0.3) is 0 Å². The van der Waals surface area contributed by atoms with Crippen LogP contribution in [0.4, 0.5) is 14.9 Å². The third-order valence-corrected chi connectivity index (χ3v) is 4.94. The van der Waals surface area contributed by atoms with Gasteiger partial charge in [-0.25, -0.2) is 9.18 Å². The Labute approximate surface area is 154 Å². The molecule has 1 aliphatic heterocycles. The molecule has 2 atom stereocenters. The Hall–Kier alpha value is -2.15. The van der Waals surface area contributed by atoms with Gasteiger partial charge in [0.2, 0.25) is 5.91 Å². The molecule has 0 bridgehead atoms. The number of nitrogens with zero attached hydrogens (tertiary/aromatic N) is 3. The lowest BCUT2D eigenvalue weighted by molar-refractivity contribution is -0.122. The van der Waals surface area contributed by atoms with Crippen molar-refractivity contribution in [2.75, 3.05) is 25.5 Å². The van der Waals surface area contributed by atoms with Crippen LogP contribution >= 0.6 is 0 Å². The molecule has 144 valence electrons. The molecule has 1 saturated heterocycles. The van der Waals surface area contributed by atoms with Gasteiger partial charge in [0.25, 0.3) is 0 Å². The molecule has 0 aromatic heterocycles. The average molecular weight is 365 g/mol. The summed E-state index contributed by atoms with van der Waals surface area (Å²) in [5.41, 5.74) is 0.305. The fourth-order valence-corrected chi connectivity index (χ4v) is 3.33. The minimum atomic E-state index is -1.15. The number of halogens is 1. The van der Waals surface area contributed by atoms with E-state index in [1.54, 1.807) is 26.8 Å². The molecule has 6 nitrogen and oxygen atoms in total. The summed E-state index contributed by atoms with van der Waals surface area (Å²) >= 11 is 0. The number of hydrogen-bond acceptors (Lipinski definition) is 3. The van der Waals surface area contributed by atoms with E-state index in [4.69, 9.17) is 0 Å². The Morgan fingerprint density at radius 3 is 2.42 bits per heavy atom. The molecule has 7 heteroatoms. The van der Waals surface area contributed by atoms with Gasteiger partial charge in [-0.2, -0.15) is 0 Å². The fraction of sp³-hybridized carbons (Fsp3) is 0.579. The van der Waals surface area contributed by atoms with Gasteiger partial charge >= 0.3 is 6.09 Å². The van der Waals surface area contributed by atoms with Crippen molar-refractivity contribution in [1.82, 2.24) is 9.80 Å². The summed E-state index contributed by atoms with van der Waals surface area (Å²) in [6, 6.07) is 4.10. The Kier molecular flexibility index (Phi) is 5.61. The first-order valence-electron chi connectivity index (χ1n) is 8.74. The Balaban J connectivity index is 2.29. The Morgan fingerprint density at radius 1 is 1.35 bits per heavy atom. The molecule has 2 rings (SSSR count). The monoisotopic (exact) mass is 365 g/mol. The van der Waals surface area contributed by atoms with Crippen LogP contribution in [0.2, 0.25) is 0 Å². The Morgan fingerprint density at radius 2 is 1.96 bits per heavy atom. The van der Waals surface area contributed by atoms with E-state index in [0.29, 0.717) is 13.0 Å². The second-order valence-corrected chi connectivity index (χ2v) is 7.97. The van der Waals surface area contributed by atoms with E-state index in [1.807, 2.05) is 32.0 Å². The molecule has 0 unspecified atom stereocenters. The maximum absolute atomic E-state index is 14.7. The first-order chi connectivity index (χ1) is 11.9. The van der Waals surface area contributed by atoms with Gasteiger partial charge in [0.15, 0.2) is 0 Å². The number of benzene rings is 1. The molecule has 1 aliphatic rings. The van der Waals surface area contributed by atoms with Crippen LogP contribution in [-0.4, -0.2) is 59.1 Å². The first kappa shape index (κ1) is 20.2. The van der Waals surface area contributed by atoms with E-state index < -0.39 is 23.5 Å². The zero-order chi connectivity index (χ0) is 19.8. The highest BCUT2D eigenvalue weighted by Crippen LogP contribution is 2.31. The van der Waals surface area contributed by atoms with Gasteiger partial charge in [-0.15, -0.1) is 0 Å². The molecule has 2 amide bonds. The van der Waals surface area contributed by atoms with E-state index in [2.05, 4.69) is 0 Å². The van der Waals surface area contributed by atoms with Crippen molar-refractivity contribution in [1.29, 1.82) is 0 Å². The number of amides is 2. The summed E-state index contributed by atoms with van der Waals surface area (Å²) in [6.45, 7) is 7.50. The van der Waals surface area contributed by atoms with Crippen molar-refractivity contribution < 1.29 is 19.1 Å². The number of carbonyl (C=O) groups is 2. The maximum atomic E-state index is 14.7. The summed E-state index contributed by atoms with van der Waals surface area (Å²) in [5, 5.41) is 9.52. The van der Waals surface area contributed by atoms with Crippen LogP contribution in [0.15, 0.2) is 18.2 Å². The number of hydrogen-bond donors (Lipinski definition) is 1. The third-order valence-electron chi connectivity index (χ3n) is 4.94. The Bertz CT molecular complexity index is 700. The SMILES string of the molecule is C[C@@H](c1ccc(N2CC[C@H](N(C(=O)O)C(C)(C)C)C2=O)c(F)c1)N(C)C. The van der Waals surface area contributed by atoms with Gasteiger partial charge in [0.05, 0.1) is 5.69 Å². The average Bonchev–Trinajstić information content (AvgIpc) is 2.86. The van der Waals surface area contributed by atoms with Crippen LogP contribution in [0.1, 0.15) is 45.7 Å². The van der Waals surface area contributed by atoms with E-state index in [9.17, 15) is 19.1 Å². The normalized spacial score (nSPS) is 19.2. The van der Waals surface area contributed by atoms with Crippen molar-refractivity contribution in [3.8, 4) is 0 Å². The fourth-order valence-electron chi connectivity index (χ4n) is 3.33. The smallest absolute Gasteiger partial charge is 0.408 e. The molecule has 0 aliphatic carbocycles. The van der Waals surface area contributed by atoms with Crippen molar-refractivity contribution in [2.24, 2.45) is 0 Å². The van der Waals surface area contributed by atoms with E-state index >= 15 is 0 Å². The first-order valence-corrected chi connectivity index (χ1v) is 8.74. The summed E-state index contributed by atoms with van der Waals surface area (Å²) in [5.74, 6) is -0.850. The van der Waals surface area contributed by atoms with Crippen LogP contribution in [-0.2, 0) is 4.79 Å². The molecule has 1 aromatic carbocycles. The number of anilines is 1. The highest BCUT2D eigenvalue weighted by Gasteiger charge is 2.44. The highest BCUT2D eigenvalue weighted by molar-refractivity contribution is 6.01. The van der Waals surface area contributed by atoms with E-state index in [-0.39, 0.29) is 17.6 Å². The summed E-state index contributed by atoms with van der Waals surface area (Å²) in [4.78, 5) is 29.0. The van der Waals surface area contributed by atoms with Gasteiger partial charge in [0.1, 0.15) is 11.9 Å². The maximum Gasteiger partial charge on any atom is 0.408 e. The van der Waals surface area contributed by atoms with Crippen LogP contribution in [0, 0.1) is 5.82 Å². The summed E-state index contributed by atoms with van der Waals surface area (Å²) in [7, 11) is 3.83. The van der Waals surface area contributed by atoms with Crippen LogP contribution in [0.5, 0.6) is 0 Å². The molecular formula is C19H28FN3O3. The molecule has 26 heavy (non-hydrogen) atoms. The second kappa shape index (κ2) is 7.23. The van der Waals surface area contributed by atoms with Gasteiger partial charge < -0.3 is 14.9 Å². The quantitative estimate of drug-likeness (QED) is 0.889. The molecule has 0 saturated carbocycles. The predicted molar refractivity (Wildman–Crippen MR) is 98.9 cm³/mol. The van der Waals surface area contributed by atoms with E-state index in [0.717, 1.165) is 10.5 Å². The van der Waals surface area contributed by atoms with E-state index in [1.165, 1.54) is 11.0 Å². The molecule has 1 N–H and O–H groups in total. The van der Waals surface area contributed by atoms with Crippen molar-refractivity contribution in [3.05, 3.63) is 29.6 Å². The molecule has 0 spiro atoms. The largest absolute Gasteiger partial charge is 0.465 e. The lowest BCUT2D eigenvalue weighted by Gasteiger charge is -2.36. The van der Waals surface area contributed by atoms with Crippen molar-refractivity contribution in [2.45, 2.75) is 51.7 Å². The van der Waals surface area contributed by atoms with Gasteiger partial charge in [-0.1, -0.05) is 6.07 Å². The summed E-state index contributed by atoms with van der Waals surface area (Å²) in [6.07, 6.45) is -0.800. The van der Waals surface area contributed by atoms with Gasteiger partial charge in [-0.05, 0) is 65.9 Å². The van der Waals surface area contributed by atoms with Crippen LogP contribution in [0.3, 0.4) is 0 Å². The van der Waals surface area contributed by atoms with Crippen molar-refractivity contribution >= 4 is 17.7 Å². The topological polar surface area (TPSA) is 64.1 Å². The molecular weight excluding hydrogens is 337 g/mol. The zero-order valence-electron chi connectivity index (χ0n) is 16.3. The van der Waals surface area contributed by atoms with Crippen LogP contribution < -0.4 is 4.90 Å². The molecule has 1 fully saturated rings. The minimum absolute atomic E-state index is 0.0453. The summed E-state index contributed by atoms with van der Waals surface area (Å²) < 4.78 is 14.7. The highest BCUT2D eigenvalue weighted by atomic mass is 19.1. The number of rotatable bonds is 4. The predicted octanol–water partition coefficient (Wildman–Crippen LogP) is 3.33. The van der Waals surface area contributed by atoms with Crippen molar-refractivity contribution in [3.63, 3.8) is 0 Å². The molecule has 0 radical (unpaired) electrons. The second-order valence-electron chi connectivity index (χ2n) is 7.97. The number of carboxylic acid groups (broad SMARTS) is 1. The van der Waals surface area contributed by atoms with Gasteiger partial charge in [-0.3, -0.25) is 9.69 Å². The standard InChI is InChI=1S/C19H28FN3O3/c1-12(21(5)6)13-7-8-15(14(20)11-13)22-10-9-16(17(22)24)23(18(25)26)19(2,3)4/h7-8,11-12,16H,9-10H2,1-6H3,(H,25,26)/t12-,16-/m0/s1. The lowest BCUT2D eigenvalue weighted by Crippen LogP contribution is -2.54. The number of carbonyl (C=O) groups excluding carboxylic acids is 1. The van der Waals surface area contributed by atoms with Gasteiger partial charge in [0, 0.05) is 18.1 Å². The zero-order valence-corrected chi connectivity index (χ0v) is 16.3. The minimum Gasteiger partial charge on any atom is -0.465 e. The molecule has 1 aromatic rings. The molecule has 1 heterocycles. The lowest BCUT2D eigenvalue weighted by atomic mass is 10.0.